The van der Waals surface area contributed by atoms with Crippen LogP contribution in [0, 0.1) is 33.5 Å². The lowest BCUT2D eigenvalue weighted by Gasteiger charge is -2.63. The highest BCUT2D eigenvalue weighted by Gasteiger charge is 2.64. The molecule has 1 aromatic heterocycles. The second-order valence-corrected chi connectivity index (χ2v) is 21.3. The average molecular weight is 930 g/mol. The SMILES string of the molecule is CC1(C)[C@H](NC(=O)c2ccc(N3CCN(C4CC5(CCN(C(=O)C6CN(c7ccc8nnn(C9CCC(=O)NC9=O)c(=O)c8c7)C6)CC5)C4)CC3)cc2)C(C)(C)[C@H]1Oc1ccc(C#N)c(Cl)c1. The summed E-state index contributed by atoms with van der Waals surface area (Å²) in [4.78, 5) is 73.9. The van der Waals surface area contributed by atoms with Crippen molar-refractivity contribution >= 4 is 57.5 Å². The van der Waals surface area contributed by atoms with Gasteiger partial charge in [0.2, 0.25) is 11.8 Å². The quantitative estimate of drug-likeness (QED) is 0.216. The lowest BCUT2D eigenvalue weighted by atomic mass is 9.49. The summed E-state index contributed by atoms with van der Waals surface area (Å²) in [5.41, 5.74) is 2.57. The van der Waals surface area contributed by atoms with Crippen molar-refractivity contribution in [3.05, 3.63) is 87.2 Å². The summed E-state index contributed by atoms with van der Waals surface area (Å²) in [6.45, 7) is 15.0. The molecule has 4 saturated heterocycles. The van der Waals surface area contributed by atoms with E-state index in [-0.39, 0.29) is 59.5 Å². The molecule has 5 heterocycles. The summed E-state index contributed by atoms with van der Waals surface area (Å²) in [6.07, 6.45) is 4.58. The number of ether oxygens (including phenoxy) is 1. The second kappa shape index (κ2) is 16.9. The smallest absolute Gasteiger partial charge is 0.278 e. The molecule has 2 N–H and O–H groups in total. The van der Waals surface area contributed by atoms with Crippen molar-refractivity contribution in [2.45, 2.75) is 90.4 Å². The molecule has 2 saturated carbocycles. The molecule has 3 aromatic carbocycles. The average Bonchev–Trinajstić information content (AvgIpc) is 3.29. The molecule has 4 aliphatic heterocycles. The van der Waals surface area contributed by atoms with Crippen LogP contribution in [-0.2, 0) is 14.4 Å². The number of hydrogen-bond acceptors (Lipinski definition) is 12. The number of likely N-dealkylation sites (tertiary alicyclic amines) is 1. The van der Waals surface area contributed by atoms with Gasteiger partial charge in [0.1, 0.15) is 29.5 Å². The van der Waals surface area contributed by atoms with Crippen molar-refractivity contribution < 1.29 is 23.9 Å². The maximum absolute atomic E-state index is 13.6. The molecule has 0 bridgehead atoms. The minimum atomic E-state index is -0.885. The number of halogens is 1. The molecule has 17 heteroatoms. The molecule has 10 rings (SSSR count). The van der Waals surface area contributed by atoms with Crippen LogP contribution >= 0.6 is 11.6 Å². The van der Waals surface area contributed by atoms with E-state index in [0.29, 0.717) is 57.3 Å². The molecule has 1 spiro atoms. The third kappa shape index (κ3) is 8.07. The zero-order chi connectivity index (χ0) is 47.0. The van der Waals surface area contributed by atoms with Gasteiger partial charge in [-0.05, 0) is 92.1 Å². The third-order valence-corrected chi connectivity index (χ3v) is 16.3. The fourth-order valence-electron chi connectivity index (χ4n) is 12.2. The number of benzene rings is 3. The Morgan fingerprint density at radius 1 is 0.866 bits per heavy atom. The van der Waals surface area contributed by atoms with Crippen LogP contribution in [0.1, 0.15) is 88.2 Å². The summed E-state index contributed by atoms with van der Waals surface area (Å²) >= 11 is 6.27. The topological polar surface area (TPSA) is 186 Å². The highest BCUT2D eigenvalue weighted by atomic mass is 35.5. The fraction of sp³-hybridized carbons (Fsp3) is 0.520. The van der Waals surface area contributed by atoms with E-state index in [1.807, 2.05) is 18.2 Å². The monoisotopic (exact) mass is 928 g/mol. The fourth-order valence-corrected chi connectivity index (χ4v) is 12.5. The molecule has 4 amide bonds. The first-order valence-electron chi connectivity index (χ1n) is 23.6. The van der Waals surface area contributed by atoms with Crippen LogP contribution in [0.2, 0.25) is 5.02 Å². The van der Waals surface area contributed by atoms with E-state index in [4.69, 9.17) is 16.3 Å². The molecule has 1 atom stereocenters. The van der Waals surface area contributed by atoms with Gasteiger partial charge >= 0.3 is 0 Å². The molecule has 1 unspecified atom stereocenters. The normalized spacial score (nSPS) is 24.8. The summed E-state index contributed by atoms with van der Waals surface area (Å²) in [5, 5.41) is 23.7. The van der Waals surface area contributed by atoms with Crippen molar-refractivity contribution in [3.8, 4) is 11.8 Å². The number of nitriles is 1. The van der Waals surface area contributed by atoms with E-state index in [1.54, 1.807) is 30.3 Å². The van der Waals surface area contributed by atoms with Gasteiger partial charge in [-0.15, -0.1) is 5.10 Å². The van der Waals surface area contributed by atoms with Gasteiger partial charge in [-0.1, -0.05) is 44.5 Å². The van der Waals surface area contributed by atoms with Crippen LogP contribution < -0.4 is 30.7 Å². The predicted molar refractivity (Wildman–Crippen MR) is 252 cm³/mol. The lowest BCUT2D eigenvalue weighted by Crippen LogP contribution is -2.74. The van der Waals surface area contributed by atoms with Gasteiger partial charge in [-0.25, -0.2) is 0 Å². The number of anilines is 2. The Morgan fingerprint density at radius 3 is 2.21 bits per heavy atom. The number of carbonyl (C=O) groups is 4. The van der Waals surface area contributed by atoms with E-state index < -0.39 is 17.5 Å². The van der Waals surface area contributed by atoms with Gasteiger partial charge in [-0.3, -0.25) is 34.2 Å². The lowest BCUT2D eigenvalue weighted by molar-refractivity contribution is -0.164. The summed E-state index contributed by atoms with van der Waals surface area (Å²) in [5.74, 6) is -0.310. The van der Waals surface area contributed by atoms with Gasteiger partial charge in [-0.2, -0.15) is 9.94 Å². The van der Waals surface area contributed by atoms with Gasteiger partial charge in [0, 0.05) is 105 Å². The zero-order valence-electron chi connectivity index (χ0n) is 38.5. The molecule has 67 heavy (non-hydrogen) atoms. The predicted octanol–water partition coefficient (Wildman–Crippen LogP) is 4.94. The Balaban J connectivity index is 0.655. The minimum Gasteiger partial charge on any atom is -0.489 e. The first-order chi connectivity index (χ1) is 32.0. The minimum absolute atomic E-state index is 0.0936. The maximum atomic E-state index is 13.6. The number of piperazine rings is 1. The van der Waals surface area contributed by atoms with Crippen LogP contribution in [0.4, 0.5) is 11.4 Å². The molecule has 4 aromatic rings. The molecule has 16 nitrogen and oxygen atoms in total. The molecule has 0 radical (unpaired) electrons. The summed E-state index contributed by atoms with van der Waals surface area (Å²) in [6, 6.07) is 20.1. The van der Waals surface area contributed by atoms with Crippen molar-refractivity contribution in [2.24, 2.45) is 22.2 Å². The number of carbonyl (C=O) groups excluding carboxylic acids is 4. The molecule has 350 valence electrons. The molecule has 6 aliphatic rings. The van der Waals surface area contributed by atoms with Crippen LogP contribution in [0.5, 0.6) is 5.75 Å². The Kier molecular flexibility index (Phi) is 11.3. The maximum Gasteiger partial charge on any atom is 0.278 e. The first kappa shape index (κ1) is 44.8. The highest BCUT2D eigenvalue weighted by molar-refractivity contribution is 6.31. The Morgan fingerprint density at radius 2 is 1.55 bits per heavy atom. The van der Waals surface area contributed by atoms with Crippen molar-refractivity contribution in [1.82, 2.24) is 35.4 Å². The Hall–Kier alpha value is -6.05. The van der Waals surface area contributed by atoms with E-state index in [0.717, 1.165) is 68.2 Å². The van der Waals surface area contributed by atoms with E-state index in [1.165, 1.54) is 12.8 Å². The van der Waals surface area contributed by atoms with Gasteiger partial charge in [0.15, 0.2) is 0 Å². The van der Waals surface area contributed by atoms with Crippen LogP contribution in [0.25, 0.3) is 10.9 Å². The molecule has 2 aliphatic carbocycles. The number of piperidine rings is 2. The van der Waals surface area contributed by atoms with Crippen LogP contribution in [-0.4, -0.2) is 119 Å². The number of rotatable bonds is 9. The number of hydrogen-bond donors (Lipinski definition) is 2. The van der Waals surface area contributed by atoms with Crippen molar-refractivity contribution in [1.29, 1.82) is 5.26 Å². The number of nitrogens with zero attached hydrogens (tertiary/aromatic N) is 8. The van der Waals surface area contributed by atoms with Gasteiger partial charge < -0.3 is 24.8 Å². The largest absolute Gasteiger partial charge is 0.489 e. The van der Waals surface area contributed by atoms with E-state index in [9.17, 15) is 29.2 Å². The number of nitrogens with one attached hydrogen (secondary N) is 2. The number of fused-ring (bicyclic) bond motifs is 1. The molecular weight excluding hydrogens is 872 g/mol. The molecular formula is C50H57ClN10O6. The summed E-state index contributed by atoms with van der Waals surface area (Å²) < 4.78 is 7.47. The third-order valence-electron chi connectivity index (χ3n) is 16.0. The van der Waals surface area contributed by atoms with Gasteiger partial charge in [0.25, 0.3) is 17.4 Å². The zero-order valence-corrected chi connectivity index (χ0v) is 39.2. The van der Waals surface area contributed by atoms with E-state index >= 15 is 0 Å². The second-order valence-electron chi connectivity index (χ2n) is 20.9. The van der Waals surface area contributed by atoms with Crippen LogP contribution in [0.15, 0.2) is 65.5 Å². The van der Waals surface area contributed by atoms with Crippen molar-refractivity contribution in [2.75, 3.05) is 62.2 Å². The summed E-state index contributed by atoms with van der Waals surface area (Å²) in [7, 11) is 0. The number of imide groups is 1. The number of amides is 4. The Labute approximate surface area is 394 Å². The van der Waals surface area contributed by atoms with E-state index in [2.05, 4.69) is 86.4 Å². The van der Waals surface area contributed by atoms with Crippen molar-refractivity contribution in [3.63, 3.8) is 0 Å². The van der Waals surface area contributed by atoms with Crippen LogP contribution in [0.3, 0.4) is 0 Å². The standard InChI is InChI=1S/C50H57ClN10O6/c1-48(2)46(49(3,4)47(48)67-36-11-7-31(27-52)38(51)24-36)54-42(63)30-5-8-33(9-6-30)57-19-21-58(22-20-57)35-25-50(26-35)15-17-59(18-16-50)44(65)32-28-60(29-32)34-10-12-39-37(23-34)45(66)61(56-55-39)40-13-14-41(62)53-43(40)64/h5-12,23-24,32,35,40,46-47H,13-22,25-26,28-29H2,1-4H3,(H,54,63)(H,53,62,64)/t40?,46-,47-. The number of aromatic nitrogens is 3. The highest BCUT2D eigenvalue weighted by Crippen LogP contribution is 2.56. The Bertz CT molecular complexity index is 2720. The molecule has 6 fully saturated rings. The van der Waals surface area contributed by atoms with Gasteiger partial charge in [0.05, 0.1) is 21.9 Å². The first-order valence-corrected chi connectivity index (χ1v) is 23.9.